The Bertz CT molecular complexity index is 519. The highest BCUT2D eigenvalue weighted by Crippen LogP contribution is 2.21. The van der Waals surface area contributed by atoms with E-state index < -0.39 is 0 Å². The van der Waals surface area contributed by atoms with Crippen LogP contribution in [0.2, 0.25) is 0 Å². The molecule has 0 aliphatic carbocycles. The summed E-state index contributed by atoms with van der Waals surface area (Å²) >= 11 is 0. The number of hydrogen-bond donors (Lipinski definition) is 2. The highest BCUT2D eigenvalue weighted by atomic mass is 16.5. The number of hydrogen-bond acceptors (Lipinski definition) is 3. The monoisotopic (exact) mass is 320 g/mol. The predicted octanol–water partition coefficient (Wildman–Crippen LogP) is 2.70. The number of amides is 2. The second kappa shape index (κ2) is 8.77. The number of likely N-dealkylation sites (tertiary alicyclic amines) is 1. The minimum absolute atomic E-state index is 0.0647. The van der Waals surface area contributed by atoms with Crippen molar-refractivity contribution in [3.63, 3.8) is 0 Å². The molecule has 1 saturated heterocycles. The third-order valence-electron chi connectivity index (χ3n) is 4.18. The number of piperidine rings is 1. The van der Waals surface area contributed by atoms with Gasteiger partial charge in [0.2, 0.25) is 0 Å². The van der Waals surface area contributed by atoms with Gasteiger partial charge >= 0.3 is 6.03 Å². The highest BCUT2D eigenvalue weighted by Gasteiger charge is 2.23. The molecule has 0 radical (unpaired) electrons. The molecule has 1 aliphatic rings. The molecular weight excluding hydrogens is 292 g/mol. The molecule has 2 rings (SSSR count). The Labute approximate surface area is 138 Å². The van der Waals surface area contributed by atoms with Gasteiger partial charge in [0.15, 0.2) is 0 Å². The zero-order valence-electron chi connectivity index (χ0n) is 14.2. The van der Waals surface area contributed by atoms with E-state index >= 15 is 0 Å². The minimum Gasteiger partial charge on any atom is -0.493 e. The third-order valence-corrected chi connectivity index (χ3v) is 4.18. The average Bonchev–Trinajstić information content (AvgIpc) is 2.58. The number of urea groups is 1. The first-order valence-corrected chi connectivity index (χ1v) is 8.50. The van der Waals surface area contributed by atoms with Gasteiger partial charge in [0.25, 0.3) is 0 Å². The van der Waals surface area contributed by atoms with Crippen molar-refractivity contribution in [2.24, 2.45) is 5.92 Å². The van der Waals surface area contributed by atoms with Gasteiger partial charge in [-0.15, -0.1) is 0 Å². The molecule has 1 unspecified atom stereocenters. The lowest BCUT2D eigenvalue weighted by atomic mass is 9.99. The predicted molar refractivity (Wildman–Crippen MR) is 90.6 cm³/mol. The molecule has 1 aromatic carbocycles. The van der Waals surface area contributed by atoms with E-state index in [2.05, 4.69) is 12.2 Å². The van der Waals surface area contributed by atoms with Gasteiger partial charge < -0.3 is 20.1 Å². The van der Waals surface area contributed by atoms with Crippen molar-refractivity contribution < 1.29 is 14.6 Å². The van der Waals surface area contributed by atoms with Crippen molar-refractivity contribution in [1.29, 1.82) is 0 Å². The Balaban J connectivity index is 1.93. The number of carbonyl (C=O) groups excluding carboxylic acids is 1. The third kappa shape index (κ3) is 5.13. The maximum Gasteiger partial charge on any atom is 0.317 e. The van der Waals surface area contributed by atoms with E-state index in [0.717, 1.165) is 42.7 Å². The molecule has 0 saturated carbocycles. The SMILES string of the molecule is CCCOc1cc(C)ccc1CNC(=O)N1CCCC(CO)C1. The van der Waals surface area contributed by atoms with E-state index in [1.54, 1.807) is 4.90 Å². The second-order valence-corrected chi connectivity index (χ2v) is 6.26. The zero-order valence-corrected chi connectivity index (χ0v) is 14.2. The van der Waals surface area contributed by atoms with Crippen molar-refractivity contribution in [3.8, 4) is 5.75 Å². The largest absolute Gasteiger partial charge is 0.493 e. The maximum absolute atomic E-state index is 12.3. The van der Waals surface area contributed by atoms with Gasteiger partial charge in [0.05, 0.1) is 6.61 Å². The van der Waals surface area contributed by atoms with Gasteiger partial charge in [0, 0.05) is 31.8 Å². The molecule has 128 valence electrons. The smallest absolute Gasteiger partial charge is 0.317 e. The Hall–Kier alpha value is -1.75. The van der Waals surface area contributed by atoms with Crippen molar-refractivity contribution in [2.75, 3.05) is 26.3 Å². The molecule has 1 fully saturated rings. The summed E-state index contributed by atoms with van der Waals surface area (Å²) < 4.78 is 5.78. The number of aliphatic hydroxyl groups is 1. The van der Waals surface area contributed by atoms with E-state index in [4.69, 9.17) is 4.74 Å². The second-order valence-electron chi connectivity index (χ2n) is 6.26. The van der Waals surface area contributed by atoms with Gasteiger partial charge in [-0.3, -0.25) is 0 Å². The summed E-state index contributed by atoms with van der Waals surface area (Å²) in [6, 6.07) is 5.99. The summed E-state index contributed by atoms with van der Waals surface area (Å²) in [5, 5.41) is 12.2. The summed E-state index contributed by atoms with van der Waals surface area (Å²) in [6.45, 7) is 6.78. The van der Waals surface area contributed by atoms with Gasteiger partial charge in [-0.2, -0.15) is 0 Å². The van der Waals surface area contributed by atoms with Gasteiger partial charge in [-0.05, 0) is 43.7 Å². The number of ether oxygens (including phenoxy) is 1. The van der Waals surface area contributed by atoms with E-state index in [1.165, 1.54) is 0 Å². The summed E-state index contributed by atoms with van der Waals surface area (Å²) in [5.74, 6) is 1.05. The van der Waals surface area contributed by atoms with Crippen LogP contribution in [-0.2, 0) is 6.54 Å². The van der Waals surface area contributed by atoms with Crippen molar-refractivity contribution in [3.05, 3.63) is 29.3 Å². The molecule has 2 N–H and O–H groups in total. The fraction of sp³-hybridized carbons (Fsp3) is 0.611. The van der Waals surface area contributed by atoms with Crippen LogP contribution < -0.4 is 10.1 Å². The lowest BCUT2D eigenvalue weighted by molar-refractivity contribution is 0.129. The summed E-state index contributed by atoms with van der Waals surface area (Å²) in [7, 11) is 0. The molecule has 2 amide bonds. The minimum atomic E-state index is -0.0647. The average molecular weight is 320 g/mol. The molecule has 0 aromatic heterocycles. The summed E-state index contributed by atoms with van der Waals surface area (Å²) in [6.07, 6.45) is 2.90. The first-order valence-electron chi connectivity index (χ1n) is 8.50. The fourth-order valence-corrected chi connectivity index (χ4v) is 2.84. The Morgan fingerprint density at radius 1 is 1.48 bits per heavy atom. The van der Waals surface area contributed by atoms with E-state index in [-0.39, 0.29) is 18.6 Å². The number of aliphatic hydroxyl groups excluding tert-OH is 1. The molecule has 23 heavy (non-hydrogen) atoms. The number of benzene rings is 1. The van der Waals surface area contributed by atoms with Crippen molar-refractivity contribution >= 4 is 6.03 Å². The van der Waals surface area contributed by atoms with Gasteiger partial charge in [0.1, 0.15) is 5.75 Å². The van der Waals surface area contributed by atoms with E-state index in [0.29, 0.717) is 19.7 Å². The number of nitrogens with zero attached hydrogens (tertiary/aromatic N) is 1. The molecule has 1 aliphatic heterocycles. The number of carbonyl (C=O) groups is 1. The van der Waals surface area contributed by atoms with E-state index in [1.807, 2.05) is 25.1 Å². The molecule has 5 heteroatoms. The van der Waals surface area contributed by atoms with Crippen LogP contribution in [0.25, 0.3) is 0 Å². The van der Waals surface area contributed by atoms with Crippen LogP contribution in [0.5, 0.6) is 5.75 Å². The van der Waals surface area contributed by atoms with Crippen molar-refractivity contribution in [1.82, 2.24) is 10.2 Å². The molecule has 5 nitrogen and oxygen atoms in total. The first kappa shape index (κ1) is 17.6. The zero-order chi connectivity index (χ0) is 16.7. The highest BCUT2D eigenvalue weighted by molar-refractivity contribution is 5.74. The first-order chi connectivity index (χ1) is 11.1. The summed E-state index contributed by atoms with van der Waals surface area (Å²) in [4.78, 5) is 14.1. The molecule has 1 heterocycles. The molecular formula is C18H28N2O3. The quantitative estimate of drug-likeness (QED) is 0.847. The standard InChI is InChI=1S/C18H28N2O3/c1-3-9-23-17-10-14(2)6-7-16(17)11-19-18(22)20-8-4-5-15(12-20)13-21/h6-7,10,15,21H,3-5,8-9,11-13H2,1-2H3,(H,19,22). The normalized spacial score (nSPS) is 17.9. The Morgan fingerprint density at radius 2 is 2.30 bits per heavy atom. The number of rotatable bonds is 6. The van der Waals surface area contributed by atoms with Crippen LogP contribution in [0.4, 0.5) is 4.79 Å². The molecule has 1 atom stereocenters. The van der Waals surface area contributed by atoms with Gasteiger partial charge in [-0.1, -0.05) is 19.1 Å². The molecule has 1 aromatic rings. The summed E-state index contributed by atoms with van der Waals surface area (Å²) in [5.41, 5.74) is 2.14. The fourth-order valence-electron chi connectivity index (χ4n) is 2.84. The number of aryl methyl sites for hydroxylation is 1. The van der Waals surface area contributed by atoms with Gasteiger partial charge in [-0.25, -0.2) is 4.79 Å². The molecule has 0 spiro atoms. The number of nitrogens with one attached hydrogen (secondary N) is 1. The van der Waals surface area contributed by atoms with Crippen LogP contribution in [0.15, 0.2) is 18.2 Å². The van der Waals surface area contributed by atoms with E-state index in [9.17, 15) is 9.90 Å². The maximum atomic E-state index is 12.3. The van der Waals surface area contributed by atoms with Crippen LogP contribution >= 0.6 is 0 Å². The van der Waals surface area contributed by atoms with Crippen molar-refractivity contribution in [2.45, 2.75) is 39.7 Å². The lowest BCUT2D eigenvalue weighted by Gasteiger charge is -2.31. The topological polar surface area (TPSA) is 61.8 Å². The lowest BCUT2D eigenvalue weighted by Crippen LogP contribution is -2.45. The van der Waals surface area contributed by atoms with Crippen LogP contribution in [0.1, 0.15) is 37.3 Å². The Kier molecular flexibility index (Phi) is 6.71. The van der Waals surface area contributed by atoms with Crippen LogP contribution in [-0.4, -0.2) is 42.3 Å². The van der Waals surface area contributed by atoms with Crippen LogP contribution in [0.3, 0.4) is 0 Å². The van der Waals surface area contributed by atoms with Crippen LogP contribution in [0, 0.1) is 12.8 Å². The Morgan fingerprint density at radius 3 is 3.04 bits per heavy atom. The molecule has 0 bridgehead atoms.